The van der Waals surface area contributed by atoms with Gasteiger partial charge in [0.25, 0.3) is 5.91 Å². The van der Waals surface area contributed by atoms with Crippen LogP contribution in [0.2, 0.25) is 0 Å². The van der Waals surface area contributed by atoms with E-state index in [1.165, 1.54) is 0 Å². The molecule has 0 aliphatic carbocycles. The number of nitrogens with one attached hydrogen (secondary N) is 1. The molecule has 1 saturated heterocycles. The Labute approximate surface area is 134 Å². The van der Waals surface area contributed by atoms with Gasteiger partial charge in [0, 0.05) is 0 Å². The van der Waals surface area contributed by atoms with Crippen LogP contribution in [0, 0.1) is 11.8 Å². The Bertz CT molecular complexity index is 730. The molecule has 0 radical (unpaired) electrons. The highest BCUT2D eigenvalue weighted by atomic mass is 16.5. The van der Waals surface area contributed by atoms with Crippen LogP contribution in [0.15, 0.2) is 42.7 Å². The normalized spacial score (nSPS) is 19.7. The van der Waals surface area contributed by atoms with E-state index in [1.54, 1.807) is 24.0 Å². The maximum absolute atomic E-state index is 11.6. The van der Waals surface area contributed by atoms with Crippen molar-refractivity contribution in [3.63, 3.8) is 0 Å². The van der Waals surface area contributed by atoms with Gasteiger partial charge in [0.15, 0.2) is 5.75 Å². The summed E-state index contributed by atoms with van der Waals surface area (Å²) in [6.07, 6.45) is 3.19. The molecule has 0 bridgehead atoms. The van der Waals surface area contributed by atoms with Gasteiger partial charge in [-0.25, -0.2) is 4.68 Å². The van der Waals surface area contributed by atoms with Crippen molar-refractivity contribution in [3.8, 4) is 23.3 Å². The predicted octanol–water partition coefficient (Wildman–Crippen LogP) is 1.16. The summed E-state index contributed by atoms with van der Waals surface area (Å²) in [6, 6.07) is 9.55. The van der Waals surface area contributed by atoms with Crippen LogP contribution in [-0.2, 0) is 9.53 Å². The van der Waals surface area contributed by atoms with Gasteiger partial charge in [0.2, 0.25) is 0 Å². The van der Waals surface area contributed by atoms with Crippen LogP contribution in [0.1, 0.15) is 6.92 Å². The molecule has 0 spiro atoms. The van der Waals surface area contributed by atoms with Crippen LogP contribution in [0.5, 0.6) is 5.75 Å². The number of hydrogen-bond donors (Lipinski definition) is 1. The summed E-state index contributed by atoms with van der Waals surface area (Å²) in [5, 5.41) is 7.08. The minimum atomic E-state index is -0.323. The molecule has 23 heavy (non-hydrogen) atoms. The Morgan fingerprint density at radius 1 is 1.39 bits per heavy atom. The molecule has 1 amide bonds. The first kappa shape index (κ1) is 15.1. The molecule has 1 aliphatic rings. The summed E-state index contributed by atoms with van der Waals surface area (Å²) < 4.78 is 13.0. The number of carbonyl (C=O) groups is 1. The van der Waals surface area contributed by atoms with Gasteiger partial charge in [-0.15, -0.1) is 0 Å². The molecule has 0 unspecified atom stereocenters. The highest BCUT2D eigenvalue weighted by Gasteiger charge is 2.31. The second-order valence-corrected chi connectivity index (χ2v) is 5.10. The molecule has 1 aromatic carbocycles. The molecule has 6 nitrogen and oxygen atoms in total. The third kappa shape index (κ3) is 3.71. The zero-order chi connectivity index (χ0) is 16.1. The summed E-state index contributed by atoms with van der Waals surface area (Å²) in [5.41, 5.74) is 0.952. The number of rotatable bonds is 4. The van der Waals surface area contributed by atoms with E-state index in [-0.39, 0.29) is 18.1 Å². The lowest BCUT2D eigenvalue weighted by Gasteiger charge is -2.18. The fourth-order valence-corrected chi connectivity index (χ4v) is 2.37. The molecule has 1 aromatic heterocycles. The highest BCUT2D eigenvalue weighted by molar-refractivity contribution is 5.93. The van der Waals surface area contributed by atoms with Crippen molar-refractivity contribution in [1.82, 2.24) is 15.1 Å². The Morgan fingerprint density at radius 2 is 2.22 bits per heavy atom. The van der Waals surface area contributed by atoms with E-state index in [0.717, 1.165) is 5.69 Å². The minimum absolute atomic E-state index is 0.219. The van der Waals surface area contributed by atoms with E-state index in [1.807, 2.05) is 30.3 Å². The number of para-hydroxylation sites is 1. The van der Waals surface area contributed by atoms with E-state index >= 15 is 0 Å². The number of benzene rings is 1. The molecule has 118 valence electrons. The highest BCUT2D eigenvalue weighted by Crippen LogP contribution is 2.18. The number of aromatic nitrogens is 2. The van der Waals surface area contributed by atoms with Crippen molar-refractivity contribution >= 4 is 5.91 Å². The maximum Gasteiger partial charge on any atom is 0.296 e. The average Bonchev–Trinajstić information content (AvgIpc) is 3.19. The molecule has 2 heterocycles. The lowest BCUT2D eigenvalue weighted by Crippen LogP contribution is -2.44. The number of carbonyl (C=O) groups excluding carboxylic acids is 1. The summed E-state index contributed by atoms with van der Waals surface area (Å²) in [4.78, 5) is 11.6. The molecule has 2 atom stereocenters. The predicted molar refractivity (Wildman–Crippen MR) is 84.2 cm³/mol. The van der Waals surface area contributed by atoms with Crippen molar-refractivity contribution in [2.24, 2.45) is 0 Å². The molecule has 1 fully saturated rings. The fourth-order valence-electron chi connectivity index (χ4n) is 2.37. The summed E-state index contributed by atoms with van der Waals surface area (Å²) in [5.74, 6) is 5.33. The van der Waals surface area contributed by atoms with Gasteiger partial charge >= 0.3 is 0 Å². The SMILES string of the molecule is CC#CC(=O)N[C@H]1COC[C@H]1Oc1cnn(-c2ccccc2)c1. The van der Waals surface area contributed by atoms with Crippen LogP contribution < -0.4 is 10.1 Å². The Kier molecular flexibility index (Phi) is 4.60. The fraction of sp³-hybridized carbons (Fsp3) is 0.294. The quantitative estimate of drug-likeness (QED) is 0.861. The van der Waals surface area contributed by atoms with Gasteiger partial charge < -0.3 is 14.8 Å². The number of hydrogen-bond acceptors (Lipinski definition) is 4. The standard InChI is InChI=1S/C17H17N3O3/c1-2-6-17(21)19-15-11-22-12-16(15)23-14-9-18-20(10-14)13-7-4-3-5-8-13/h3-5,7-10,15-16H,11-12H2,1H3,(H,19,21)/t15-,16+/m0/s1. The van der Waals surface area contributed by atoms with Crippen LogP contribution in [0.25, 0.3) is 5.69 Å². The van der Waals surface area contributed by atoms with Gasteiger partial charge in [-0.2, -0.15) is 5.10 Å². The second kappa shape index (κ2) is 6.99. The van der Waals surface area contributed by atoms with Crippen LogP contribution in [0.3, 0.4) is 0 Å². The third-order valence-corrected chi connectivity index (χ3v) is 3.45. The molecular weight excluding hydrogens is 294 g/mol. The van der Waals surface area contributed by atoms with Crippen molar-refractivity contribution in [1.29, 1.82) is 0 Å². The monoisotopic (exact) mass is 311 g/mol. The molecule has 1 N–H and O–H groups in total. The average molecular weight is 311 g/mol. The van der Waals surface area contributed by atoms with Gasteiger partial charge in [-0.3, -0.25) is 4.79 Å². The smallest absolute Gasteiger partial charge is 0.296 e. The summed E-state index contributed by atoms with van der Waals surface area (Å²) in [6.45, 7) is 2.45. The van der Waals surface area contributed by atoms with Gasteiger partial charge in [-0.05, 0) is 25.0 Å². The van der Waals surface area contributed by atoms with Crippen molar-refractivity contribution in [3.05, 3.63) is 42.7 Å². The van der Waals surface area contributed by atoms with Crippen LogP contribution in [-0.4, -0.2) is 41.0 Å². The first-order valence-electron chi connectivity index (χ1n) is 7.34. The number of ether oxygens (including phenoxy) is 2. The van der Waals surface area contributed by atoms with Gasteiger partial charge in [0.1, 0.15) is 6.10 Å². The van der Waals surface area contributed by atoms with Crippen molar-refractivity contribution < 1.29 is 14.3 Å². The maximum atomic E-state index is 11.6. The molecule has 0 saturated carbocycles. The van der Waals surface area contributed by atoms with E-state index in [4.69, 9.17) is 9.47 Å². The lowest BCUT2D eigenvalue weighted by molar-refractivity contribution is -0.116. The first-order chi connectivity index (χ1) is 11.3. The van der Waals surface area contributed by atoms with E-state index in [2.05, 4.69) is 22.3 Å². The molecule has 6 heteroatoms. The van der Waals surface area contributed by atoms with Gasteiger partial charge in [-0.1, -0.05) is 24.1 Å². The van der Waals surface area contributed by atoms with Crippen molar-refractivity contribution in [2.75, 3.05) is 13.2 Å². The zero-order valence-corrected chi connectivity index (χ0v) is 12.7. The first-order valence-corrected chi connectivity index (χ1v) is 7.34. The van der Waals surface area contributed by atoms with E-state index in [9.17, 15) is 4.79 Å². The molecule has 3 rings (SSSR count). The zero-order valence-electron chi connectivity index (χ0n) is 12.7. The largest absolute Gasteiger partial charge is 0.482 e. The molecule has 1 aliphatic heterocycles. The lowest BCUT2D eigenvalue weighted by atomic mass is 10.2. The number of nitrogens with zero attached hydrogens (tertiary/aromatic N) is 2. The molecular formula is C17H17N3O3. The number of amides is 1. The van der Waals surface area contributed by atoms with Crippen LogP contribution >= 0.6 is 0 Å². The topological polar surface area (TPSA) is 65.4 Å². The molecule has 2 aromatic rings. The van der Waals surface area contributed by atoms with E-state index in [0.29, 0.717) is 19.0 Å². The summed E-state index contributed by atoms with van der Waals surface area (Å²) >= 11 is 0. The Hall–Kier alpha value is -2.78. The third-order valence-electron chi connectivity index (χ3n) is 3.45. The minimum Gasteiger partial charge on any atom is -0.482 e. The van der Waals surface area contributed by atoms with Gasteiger partial charge in [0.05, 0.1) is 37.3 Å². The Morgan fingerprint density at radius 3 is 3.00 bits per heavy atom. The summed E-state index contributed by atoms with van der Waals surface area (Å²) in [7, 11) is 0. The van der Waals surface area contributed by atoms with Crippen molar-refractivity contribution in [2.45, 2.75) is 19.1 Å². The van der Waals surface area contributed by atoms with Crippen LogP contribution in [0.4, 0.5) is 0 Å². The second-order valence-electron chi connectivity index (χ2n) is 5.10. The Balaban J connectivity index is 1.65. The van der Waals surface area contributed by atoms with E-state index < -0.39 is 0 Å².